The summed E-state index contributed by atoms with van der Waals surface area (Å²) in [6, 6.07) is 38.4. The molecule has 24 nitrogen and oxygen atoms in total. The van der Waals surface area contributed by atoms with Crippen molar-refractivity contribution in [1.82, 2.24) is 54.3 Å². The van der Waals surface area contributed by atoms with Gasteiger partial charge in [-0.3, -0.25) is 39.2 Å². The molecule has 24 heterocycles. The smallest absolute Gasteiger partial charge is 0.854 e. The third-order valence-electron chi connectivity index (χ3n) is 42.5. The predicted octanol–water partition coefficient (Wildman–Crippen LogP) is 15.3. The summed E-state index contributed by atoms with van der Waals surface area (Å²) in [7, 11) is 6.69. The van der Waals surface area contributed by atoms with Gasteiger partial charge in [-0.1, -0.05) is 80.1 Å². The summed E-state index contributed by atoms with van der Waals surface area (Å²) < 4.78 is 21.8. The molecule has 0 amide bonds. The molecular formula is C123H159LiN12O12. The normalized spacial score (nSPS) is 36.8. The molecule has 25 aliphatic rings. The number of aromatic nitrogens is 5. The number of hydrogen-bond donors (Lipinski definition) is 11. The topological polar surface area (TPSA) is 309 Å². The maximum atomic E-state index is 13.4. The molecule has 24 bridgehead atoms. The summed E-state index contributed by atoms with van der Waals surface area (Å²) in [5.41, 5.74) is 21.1. The molecule has 6 aliphatic carbocycles. The van der Waals surface area contributed by atoms with Crippen LogP contribution in [0.1, 0.15) is 237 Å². The number of aromatic amines is 5. The first kappa shape index (κ1) is 101. The number of nitrogens with one attached hydrogen (secondary N) is 5. The minimum absolute atomic E-state index is 0. The average Bonchev–Trinajstić information content (AvgIpc) is 1.42. The van der Waals surface area contributed by atoms with Crippen molar-refractivity contribution < 1.29 is 78.3 Å². The molecule has 25 heteroatoms. The molecule has 784 valence electrons. The van der Waals surface area contributed by atoms with E-state index in [4.69, 9.17) is 23.9 Å². The Labute approximate surface area is 884 Å². The number of methoxy groups -OCH3 is 4. The standard InChI is InChI=1S/C22H28N2O3.C21H28N2O2.C21H27N2O2.2C20H26N2O2.C19H24N2O.Li/c1-4-14-9-13-11-22(21(25)27-3)19-16(7-8-24(12-13)20(14)22)17-10-15(26-2)5-6-18(17)23-19;2*1-3-14-8-13-10-21(12-24)19-16(6-7-23(11-13)20(14)21)17-9-15(25-2)4-5-18(17)22-19;2*1-2-13-7-12-9-20(11-23)18-15(5-6-22(10-12)19(13)20)16-8-14(24)3-4-17(16)21-18;1-2-12-7-11-8-16-18-14(5-6-21(10-11)19(12)16)15-9-13(22)3-4-17(15)20-18;/h5-6,10,13-14,20,23H,4,7-9,11-12H2,1-3H3;4-5,9,13-14,20,22,24H,3,6-8,10-12H2,1-2H3;4-5,9,13-14,20,22H,3,6-8,10-12H2,1-2H3;3-4,8,12-13,19,21,23-24H,2,5-7,9-11H2,1H3;3-4,8,12-13,15,19,23-24H,2,5-7,9-11H2,1H3;3-4,9,11-12,16,19-20,22H,2,5-8,10H2,1H3;/q;;-1;;;;+1/t13-,14?,20?,22+;2*13-,14?,20?,21+;12-,13?,19?,20+;12-,13?,15?,19?,20+;11-,12?,16-,19?;/m000000./s1. The molecule has 19 fully saturated rings. The molecule has 31 atom stereocenters. The molecule has 19 unspecified atom stereocenters. The summed E-state index contributed by atoms with van der Waals surface area (Å²) in [6.07, 6.45) is 28.0. The maximum Gasteiger partial charge on any atom is 1.00 e. The minimum atomic E-state index is -0.575. The second kappa shape index (κ2) is 39.3. The van der Waals surface area contributed by atoms with Crippen LogP contribution in [-0.2, 0) is 63.3 Å². The van der Waals surface area contributed by atoms with E-state index in [1.54, 1.807) is 46.6 Å². The number of hydrogen-bond acceptors (Lipinski definition) is 19. The van der Waals surface area contributed by atoms with Crippen molar-refractivity contribution in [3.63, 3.8) is 0 Å². The monoisotopic (exact) mass is 2000 g/mol. The van der Waals surface area contributed by atoms with E-state index in [0.29, 0.717) is 107 Å². The van der Waals surface area contributed by atoms with Gasteiger partial charge < -0.3 is 79.6 Å². The van der Waals surface area contributed by atoms with Crippen LogP contribution in [0.15, 0.2) is 114 Å². The van der Waals surface area contributed by atoms with Gasteiger partial charge in [0, 0.05) is 230 Å². The van der Waals surface area contributed by atoms with Gasteiger partial charge in [-0.15, -0.1) is 6.61 Å². The number of aliphatic hydroxyl groups is 3. The molecule has 36 rings (SSSR count). The Bertz CT molecular complexity index is 6720. The second-order valence-corrected chi connectivity index (χ2v) is 49.3. The van der Waals surface area contributed by atoms with Crippen LogP contribution >= 0.6 is 0 Å². The fourth-order valence-corrected chi connectivity index (χ4v) is 37.4. The molecule has 0 spiro atoms. The quantitative estimate of drug-likeness (QED) is 0.0356. The number of esters is 1. The summed E-state index contributed by atoms with van der Waals surface area (Å²) in [6.45, 7) is 28.2. The summed E-state index contributed by atoms with van der Waals surface area (Å²) in [5, 5.41) is 80.4. The summed E-state index contributed by atoms with van der Waals surface area (Å²) in [5.74, 6) is 12.9. The molecular weight excluding hydrogens is 1840 g/mol. The maximum absolute atomic E-state index is 13.4. The zero-order valence-electron chi connectivity index (χ0n) is 89.5. The van der Waals surface area contributed by atoms with Crippen LogP contribution in [0.25, 0.3) is 54.5 Å². The van der Waals surface area contributed by atoms with E-state index < -0.39 is 5.41 Å². The first-order valence-corrected chi connectivity index (χ1v) is 57.2. The number of H-pyrrole nitrogens is 5. The van der Waals surface area contributed by atoms with Gasteiger partial charge in [-0.25, -0.2) is 0 Å². The van der Waals surface area contributed by atoms with Gasteiger partial charge in [0.15, 0.2) is 0 Å². The van der Waals surface area contributed by atoms with Crippen LogP contribution in [-0.4, -0.2) is 266 Å². The number of piperidine rings is 12. The first-order valence-electron chi connectivity index (χ1n) is 57.2. The Morgan fingerprint density at radius 1 is 0.385 bits per heavy atom. The van der Waals surface area contributed by atoms with Gasteiger partial charge in [-0.05, 0) is 336 Å². The number of carbonyl (C=O) groups excluding carboxylic acids is 1. The molecule has 5 aromatic heterocycles. The number of phenols is 3. The van der Waals surface area contributed by atoms with E-state index >= 15 is 0 Å². The number of fused-ring (bicyclic) bond motifs is 24. The van der Waals surface area contributed by atoms with Crippen molar-refractivity contribution in [2.45, 2.75) is 265 Å². The van der Waals surface area contributed by atoms with Crippen LogP contribution in [0.5, 0.6) is 34.5 Å². The number of aromatic hydroxyl groups is 3. The number of carbonyl (C=O) groups is 1. The molecule has 11 N–H and O–H groups in total. The van der Waals surface area contributed by atoms with Crippen LogP contribution in [0.3, 0.4) is 0 Å². The van der Waals surface area contributed by atoms with Crippen molar-refractivity contribution in [3.8, 4) is 34.5 Å². The number of aliphatic hydroxyl groups excluding tert-OH is 3. The minimum Gasteiger partial charge on any atom is -0.854 e. The third kappa shape index (κ3) is 15.7. The molecule has 19 aliphatic heterocycles. The number of nitrogens with zero attached hydrogens (tertiary/aromatic N) is 7. The number of phenolic OH excluding ortho intramolecular Hbond substituents is 3. The van der Waals surface area contributed by atoms with Crippen molar-refractivity contribution in [2.75, 3.05) is 133 Å². The number of aliphatic imine (C=N–C) groups is 1. The van der Waals surface area contributed by atoms with E-state index in [2.05, 4.69) is 132 Å². The Balaban J connectivity index is 0.0000000948. The zero-order chi connectivity index (χ0) is 101. The number of benzene rings is 6. The molecule has 13 saturated heterocycles. The molecule has 6 saturated carbocycles. The van der Waals surface area contributed by atoms with E-state index in [1.165, 1.54) is 205 Å². The van der Waals surface area contributed by atoms with Gasteiger partial charge in [0.05, 0.1) is 53.9 Å². The van der Waals surface area contributed by atoms with E-state index in [-0.39, 0.29) is 84.9 Å². The van der Waals surface area contributed by atoms with Crippen LogP contribution in [0.2, 0.25) is 0 Å². The Morgan fingerprint density at radius 2 is 0.736 bits per heavy atom. The van der Waals surface area contributed by atoms with E-state index in [1.807, 2.05) is 54.6 Å². The van der Waals surface area contributed by atoms with E-state index in [0.717, 1.165) is 190 Å². The first-order chi connectivity index (χ1) is 71.6. The van der Waals surface area contributed by atoms with Gasteiger partial charge in [-0.2, -0.15) is 0 Å². The van der Waals surface area contributed by atoms with E-state index in [9.17, 15) is 40.5 Å². The summed E-state index contributed by atoms with van der Waals surface area (Å²) in [4.78, 5) is 52.9. The van der Waals surface area contributed by atoms with Gasteiger partial charge in [0.1, 0.15) is 39.9 Å². The van der Waals surface area contributed by atoms with Crippen molar-refractivity contribution in [2.24, 2.45) is 81.4 Å². The molecule has 0 radical (unpaired) electrons. The van der Waals surface area contributed by atoms with Gasteiger partial charge in [0.2, 0.25) is 0 Å². The Kier molecular flexibility index (Phi) is 26.8. The van der Waals surface area contributed by atoms with Gasteiger partial charge in [0.25, 0.3) is 0 Å². The molecule has 148 heavy (non-hydrogen) atoms. The number of rotatable bonds is 14. The fourth-order valence-electron chi connectivity index (χ4n) is 37.4. The van der Waals surface area contributed by atoms with Crippen molar-refractivity contribution >= 4 is 71.9 Å². The van der Waals surface area contributed by atoms with Crippen molar-refractivity contribution in [3.05, 3.63) is 171 Å². The summed E-state index contributed by atoms with van der Waals surface area (Å²) >= 11 is 0. The zero-order valence-corrected chi connectivity index (χ0v) is 89.5. The largest absolute Gasteiger partial charge is 1.00 e. The van der Waals surface area contributed by atoms with Crippen molar-refractivity contribution in [1.29, 1.82) is 0 Å². The van der Waals surface area contributed by atoms with Crippen LogP contribution < -0.4 is 38.2 Å². The van der Waals surface area contributed by atoms with Crippen LogP contribution in [0.4, 0.5) is 5.69 Å². The number of ether oxygens (including phenoxy) is 4. The fraction of sp³-hybridized carbons (Fsp3) is 0.610. The predicted molar refractivity (Wildman–Crippen MR) is 577 cm³/mol. The third-order valence-corrected chi connectivity index (χ3v) is 42.5. The van der Waals surface area contributed by atoms with Gasteiger partial charge >= 0.3 is 24.8 Å². The molecule has 6 aromatic carbocycles. The average molecular weight is 2000 g/mol. The second-order valence-electron chi connectivity index (χ2n) is 49.3. The Hall–Kier alpha value is -8.84. The Morgan fingerprint density at radius 3 is 1.20 bits per heavy atom. The SMILES string of the molecule is CCC1C[C@@H]2CN3CCC4C(=Nc5ccc(O)cc54)[C@](CO)(C2)C13.CCC1C[C@@H]2CN3CCc4c([nH]c5ccc(O)cc45)[C@](CO)(C2)C13.CCC1C[C@@H]2CN3CCc4c([nH]c5ccc(OC)cc45)[C@](C(=O)OC)(C2)C13.CCC1C[C@@H]2CN3CCc4c([nH]c5ccc(OC)cc45)[C@](CO)(C2)C13.CCC1C[C@@H]2CN3CCc4c([nH]c5ccc(OC)cc45)[C@](C[O-])(C2)C13.CCC1C[C@H]2C[C@H]3c4[nH]c5ccc(O)cc5c4CCN(C2)C13.[Li+]. The molecule has 11 aromatic rings. The van der Waals surface area contributed by atoms with Crippen LogP contribution in [0, 0.1) is 76.4 Å².